The quantitative estimate of drug-likeness (QED) is 0.597. The molecule has 2 unspecified atom stereocenters. The van der Waals surface area contributed by atoms with Gasteiger partial charge in [-0.25, -0.2) is 4.98 Å². The van der Waals surface area contributed by atoms with Crippen molar-refractivity contribution >= 4 is 5.91 Å². The first-order valence-corrected chi connectivity index (χ1v) is 8.85. The van der Waals surface area contributed by atoms with Gasteiger partial charge in [0, 0.05) is 6.54 Å². The average Bonchev–Trinajstić information content (AvgIpc) is 3.19. The van der Waals surface area contributed by atoms with Crippen molar-refractivity contribution in [3.8, 4) is 5.75 Å². The molecule has 0 radical (unpaired) electrons. The van der Waals surface area contributed by atoms with Gasteiger partial charge in [-0.2, -0.15) is 0 Å². The molecule has 140 valence electrons. The molecule has 1 amide bonds. The summed E-state index contributed by atoms with van der Waals surface area (Å²) in [6.45, 7) is 2.56. The Labute approximate surface area is 158 Å². The molecule has 3 rings (SSSR count). The minimum Gasteiger partial charge on any atom is -0.508 e. The Morgan fingerprint density at radius 2 is 1.89 bits per heavy atom. The fourth-order valence-electron chi connectivity index (χ4n) is 2.77. The number of phenolic OH excluding ortho intramolecular Hbond substituents is 1. The Morgan fingerprint density at radius 1 is 1.19 bits per heavy atom. The van der Waals surface area contributed by atoms with E-state index in [1.54, 1.807) is 24.3 Å². The lowest BCUT2D eigenvalue weighted by Gasteiger charge is -2.12. The van der Waals surface area contributed by atoms with Gasteiger partial charge in [-0.05, 0) is 35.6 Å². The van der Waals surface area contributed by atoms with Crippen LogP contribution in [0.5, 0.6) is 5.75 Å². The highest BCUT2D eigenvalue weighted by Crippen LogP contribution is 2.18. The summed E-state index contributed by atoms with van der Waals surface area (Å²) in [6, 6.07) is 16.3. The van der Waals surface area contributed by atoms with Gasteiger partial charge < -0.3 is 20.6 Å². The summed E-state index contributed by atoms with van der Waals surface area (Å²) in [7, 11) is 0. The van der Waals surface area contributed by atoms with Crippen LogP contribution >= 0.6 is 0 Å². The van der Waals surface area contributed by atoms with E-state index in [1.165, 1.54) is 6.26 Å². The Balaban J connectivity index is 1.56. The van der Waals surface area contributed by atoms with Crippen molar-refractivity contribution < 1.29 is 14.3 Å². The van der Waals surface area contributed by atoms with Gasteiger partial charge in [-0.3, -0.25) is 4.79 Å². The molecule has 0 aliphatic rings. The minimum absolute atomic E-state index is 0.193. The Morgan fingerprint density at radius 3 is 2.59 bits per heavy atom. The van der Waals surface area contributed by atoms with Crippen LogP contribution in [0.3, 0.4) is 0 Å². The van der Waals surface area contributed by atoms with E-state index in [4.69, 9.17) is 10.2 Å². The molecule has 0 fully saturated rings. The summed E-state index contributed by atoms with van der Waals surface area (Å²) in [4.78, 5) is 16.5. The van der Waals surface area contributed by atoms with Gasteiger partial charge in [0.2, 0.25) is 5.89 Å². The molecule has 0 aliphatic carbocycles. The molecular formula is C21H23N3O3. The molecule has 0 spiro atoms. The number of carbonyl (C=O) groups is 1. The van der Waals surface area contributed by atoms with Crippen LogP contribution in [0.4, 0.5) is 0 Å². The van der Waals surface area contributed by atoms with E-state index in [-0.39, 0.29) is 23.3 Å². The summed E-state index contributed by atoms with van der Waals surface area (Å²) in [5.74, 6) is 0.416. The maximum Gasteiger partial charge on any atom is 0.273 e. The monoisotopic (exact) mass is 365 g/mol. The third-order valence-electron chi connectivity index (χ3n) is 4.40. The van der Waals surface area contributed by atoms with Crippen LogP contribution in [0.2, 0.25) is 0 Å². The number of phenols is 1. The van der Waals surface area contributed by atoms with Crippen molar-refractivity contribution in [3.63, 3.8) is 0 Å². The van der Waals surface area contributed by atoms with Crippen LogP contribution in [-0.2, 0) is 6.42 Å². The average molecular weight is 365 g/mol. The summed E-state index contributed by atoms with van der Waals surface area (Å²) in [5, 5.41) is 12.2. The second kappa shape index (κ2) is 8.51. The van der Waals surface area contributed by atoms with Crippen molar-refractivity contribution in [2.24, 2.45) is 5.73 Å². The normalized spacial score (nSPS) is 13.1. The van der Waals surface area contributed by atoms with E-state index in [1.807, 2.05) is 30.3 Å². The van der Waals surface area contributed by atoms with Gasteiger partial charge in [-0.15, -0.1) is 0 Å². The molecule has 3 aromatic rings. The largest absolute Gasteiger partial charge is 0.508 e. The van der Waals surface area contributed by atoms with Crippen LogP contribution < -0.4 is 11.1 Å². The Hall–Kier alpha value is -3.12. The molecule has 2 aromatic carbocycles. The van der Waals surface area contributed by atoms with Gasteiger partial charge >= 0.3 is 0 Å². The number of aromatic nitrogens is 1. The molecular weight excluding hydrogens is 342 g/mol. The predicted octanol–water partition coefficient (Wildman–Crippen LogP) is 3.16. The molecule has 6 heteroatoms. The zero-order valence-electron chi connectivity index (χ0n) is 15.1. The number of nitrogens with two attached hydrogens (primary N) is 1. The molecule has 6 nitrogen and oxygen atoms in total. The smallest absolute Gasteiger partial charge is 0.273 e. The van der Waals surface area contributed by atoms with Crippen molar-refractivity contribution in [1.29, 1.82) is 0 Å². The van der Waals surface area contributed by atoms with Crippen molar-refractivity contribution in [2.75, 3.05) is 6.54 Å². The van der Waals surface area contributed by atoms with E-state index < -0.39 is 6.04 Å². The number of amides is 1. The van der Waals surface area contributed by atoms with Gasteiger partial charge in [0.05, 0.1) is 6.04 Å². The third-order valence-corrected chi connectivity index (χ3v) is 4.40. The SMILES string of the molecule is CC(CNC(=O)c1coc(C(N)Cc2ccc(O)cc2)n1)c1ccccc1. The minimum atomic E-state index is -0.473. The van der Waals surface area contributed by atoms with Crippen molar-refractivity contribution in [2.45, 2.75) is 25.3 Å². The first kappa shape index (κ1) is 18.7. The number of nitrogens with one attached hydrogen (secondary N) is 1. The van der Waals surface area contributed by atoms with E-state index >= 15 is 0 Å². The van der Waals surface area contributed by atoms with E-state index in [0.29, 0.717) is 18.9 Å². The maximum absolute atomic E-state index is 12.3. The fourth-order valence-corrected chi connectivity index (χ4v) is 2.77. The molecule has 4 N–H and O–H groups in total. The zero-order valence-corrected chi connectivity index (χ0v) is 15.1. The third kappa shape index (κ3) is 4.95. The highest BCUT2D eigenvalue weighted by molar-refractivity contribution is 5.91. The number of hydrogen-bond acceptors (Lipinski definition) is 5. The van der Waals surface area contributed by atoms with E-state index in [2.05, 4.69) is 17.2 Å². The summed E-state index contributed by atoms with van der Waals surface area (Å²) >= 11 is 0. The number of aromatic hydroxyl groups is 1. The second-order valence-corrected chi connectivity index (χ2v) is 6.57. The van der Waals surface area contributed by atoms with Crippen LogP contribution in [0.15, 0.2) is 65.3 Å². The van der Waals surface area contributed by atoms with Crippen molar-refractivity contribution in [3.05, 3.63) is 83.6 Å². The molecule has 0 bridgehead atoms. The van der Waals surface area contributed by atoms with Crippen LogP contribution in [0.1, 0.15) is 46.4 Å². The number of oxazole rings is 1. The Kier molecular flexibility index (Phi) is 5.88. The van der Waals surface area contributed by atoms with Gasteiger partial charge in [0.1, 0.15) is 12.0 Å². The lowest BCUT2D eigenvalue weighted by atomic mass is 10.0. The second-order valence-electron chi connectivity index (χ2n) is 6.57. The van der Waals surface area contributed by atoms with Crippen LogP contribution in [0.25, 0.3) is 0 Å². The molecule has 1 aromatic heterocycles. The summed E-state index contributed by atoms with van der Waals surface area (Å²) in [5.41, 5.74) is 8.45. The lowest BCUT2D eigenvalue weighted by Crippen LogP contribution is -2.28. The number of carbonyl (C=O) groups excluding carboxylic acids is 1. The predicted molar refractivity (Wildman–Crippen MR) is 102 cm³/mol. The maximum atomic E-state index is 12.3. The van der Waals surface area contributed by atoms with Gasteiger partial charge in [0.15, 0.2) is 5.69 Å². The number of rotatable bonds is 7. The standard InChI is InChI=1S/C21H23N3O3/c1-14(16-5-3-2-4-6-16)12-23-20(26)19-13-27-21(24-19)18(22)11-15-7-9-17(25)10-8-15/h2-10,13-14,18,25H,11-12,22H2,1H3,(H,23,26). The summed E-state index contributed by atoms with van der Waals surface area (Å²) < 4.78 is 5.39. The lowest BCUT2D eigenvalue weighted by molar-refractivity contribution is 0.0946. The number of nitrogens with zero attached hydrogens (tertiary/aromatic N) is 1. The fraction of sp³-hybridized carbons (Fsp3) is 0.238. The molecule has 1 heterocycles. The first-order valence-electron chi connectivity index (χ1n) is 8.85. The molecule has 0 aliphatic heterocycles. The van der Waals surface area contributed by atoms with Crippen LogP contribution in [0, 0.1) is 0 Å². The van der Waals surface area contributed by atoms with E-state index in [0.717, 1.165) is 11.1 Å². The molecule has 27 heavy (non-hydrogen) atoms. The van der Waals surface area contributed by atoms with Gasteiger partial charge in [-0.1, -0.05) is 49.4 Å². The molecule has 2 atom stereocenters. The van der Waals surface area contributed by atoms with E-state index in [9.17, 15) is 9.90 Å². The first-order chi connectivity index (χ1) is 13.0. The number of benzene rings is 2. The Bertz CT molecular complexity index is 875. The molecule has 0 saturated carbocycles. The zero-order chi connectivity index (χ0) is 19.2. The summed E-state index contributed by atoms with van der Waals surface area (Å²) in [6.07, 6.45) is 1.82. The molecule has 0 saturated heterocycles. The topological polar surface area (TPSA) is 101 Å². The van der Waals surface area contributed by atoms with Crippen molar-refractivity contribution in [1.82, 2.24) is 10.3 Å². The number of hydrogen-bond donors (Lipinski definition) is 3. The van der Waals surface area contributed by atoms with Crippen LogP contribution in [-0.4, -0.2) is 22.5 Å². The highest BCUT2D eigenvalue weighted by atomic mass is 16.3. The van der Waals surface area contributed by atoms with Gasteiger partial charge in [0.25, 0.3) is 5.91 Å². The highest BCUT2D eigenvalue weighted by Gasteiger charge is 2.18.